The number of carbonyl (C=O) groups is 2. The maximum Gasteiger partial charge on any atom is 0.410 e. The summed E-state index contributed by atoms with van der Waals surface area (Å²) in [6.45, 7) is 5.76. The average Bonchev–Trinajstić information content (AvgIpc) is 3.46. The number of rotatable bonds is 6. The molecule has 1 aliphatic carbocycles. The Morgan fingerprint density at radius 1 is 0.825 bits per heavy atom. The van der Waals surface area contributed by atoms with Crippen LogP contribution in [-0.4, -0.2) is 53.6 Å². The van der Waals surface area contributed by atoms with Crippen molar-refractivity contribution in [3.05, 3.63) is 101 Å². The van der Waals surface area contributed by atoms with E-state index in [1.807, 2.05) is 47.9 Å². The van der Waals surface area contributed by atoms with Crippen molar-refractivity contribution in [2.45, 2.75) is 57.5 Å². The molecule has 2 fully saturated rings. The Morgan fingerprint density at radius 2 is 1.35 bits per heavy atom. The smallest absolute Gasteiger partial charge is 0.410 e. The minimum Gasteiger partial charge on any atom is -0.448 e. The summed E-state index contributed by atoms with van der Waals surface area (Å²) < 4.78 is 7.12. The molecule has 2 heterocycles. The van der Waals surface area contributed by atoms with Crippen LogP contribution in [0.2, 0.25) is 0 Å². The zero-order valence-electron chi connectivity index (χ0n) is 23.1. The van der Waals surface area contributed by atoms with E-state index >= 15 is 0 Å². The second kappa shape index (κ2) is 11.2. The van der Waals surface area contributed by atoms with Gasteiger partial charge in [0.25, 0.3) is 5.91 Å². The van der Waals surface area contributed by atoms with Crippen molar-refractivity contribution in [3.63, 3.8) is 0 Å². The van der Waals surface area contributed by atoms with Crippen LogP contribution in [0.5, 0.6) is 0 Å². The van der Waals surface area contributed by atoms with Gasteiger partial charge in [0, 0.05) is 41.1 Å². The first-order chi connectivity index (χ1) is 19.5. The van der Waals surface area contributed by atoms with E-state index in [9.17, 15) is 9.59 Å². The van der Waals surface area contributed by atoms with E-state index in [-0.39, 0.29) is 30.0 Å². The lowest BCUT2D eigenvalue weighted by Gasteiger charge is -2.36. The number of carbonyl (C=O) groups excluding carboxylic acids is 2. The summed E-state index contributed by atoms with van der Waals surface area (Å²) in [5, 5.41) is 0. The van der Waals surface area contributed by atoms with E-state index in [1.54, 1.807) is 0 Å². The van der Waals surface area contributed by atoms with E-state index in [1.165, 1.54) is 27.8 Å². The molecule has 2 aliphatic heterocycles. The Balaban J connectivity index is 1.13. The number of benzene rings is 3. The van der Waals surface area contributed by atoms with E-state index in [2.05, 4.69) is 64.5 Å². The van der Waals surface area contributed by atoms with Gasteiger partial charge >= 0.3 is 6.09 Å². The first kappa shape index (κ1) is 26.8. The van der Waals surface area contributed by atoms with Crippen molar-refractivity contribution in [2.75, 3.05) is 19.7 Å². The third-order valence-corrected chi connectivity index (χ3v) is 9.90. The first-order valence-corrected chi connectivity index (χ1v) is 15.2. The zero-order chi connectivity index (χ0) is 27.8. The molecule has 3 aromatic rings. The molecule has 0 aromatic heterocycles. The molecule has 0 spiro atoms. The SMILES string of the molecule is CCN(CC)C(=O)c1ccc(C(Br)=C2CC3CCC(C2)N3C(=O)OCC2c3ccccc3-c3ccccc32)cc1. The van der Waals surface area contributed by atoms with Gasteiger partial charge in [-0.05, 0) is 79.5 Å². The minimum atomic E-state index is -0.191. The highest BCUT2D eigenvalue weighted by Gasteiger charge is 2.43. The molecule has 2 bridgehead atoms. The third kappa shape index (κ3) is 4.77. The molecule has 206 valence electrons. The number of nitrogens with zero attached hydrogens (tertiary/aromatic N) is 2. The quantitative estimate of drug-likeness (QED) is 0.290. The monoisotopic (exact) mass is 598 g/mol. The summed E-state index contributed by atoms with van der Waals surface area (Å²) in [7, 11) is 0. The normalized spacial score (nSPS) is 19.3. The molecular formula is C34H35BrN2O3. The van der Waals surface area contributed by atoms with Gasteiger partial charge in [0.15, 0.2) is 0 Å². The maximum atomic E-state index is 13.4. The largest absolute Gasteiger partial charge is 0.448 e. The highest BCUT2D eigenvalue weighted by Crippen LogP contribution is 2.46. The van der Waals surface area contributed by atoms with E-state index in [0.29, 0.717) is 25.3 Å². The van der Waals surface area contributed by atoms with E-state index < -0.39 is 0 Å². The zero-order valence-corrected chi connectivity index (χ0v) is 24.7. The van der Waals surface area contributed by atoms with Gasteiger partial charge in [-0.3, -0.25) is 4.79 Å². The van der Waals surface area contributed by atoms with Crippen LogP contribution >= 0.6 is 15.9 Å². The summed E-state index contributed by atoms with van der Waals surface area (Å²) in [6.07, 6.45) is 3.47. The fourth-order valence-corrected chi connectivity index (χ4v) is 7.40. The number of amides is 2. The van der Waals surface area contributed by atoms with Crippen LogP contribution in [0, 0.1) is 0 Å². The number of halogens is 1. The molecule has 6 heteroatoms. The molecule has 6 rings (SSSR count). The molecule has 0 radical (unpaired) electrons. The van der Waals surface area contributed by atoms with Gasteiger partial charge in [0.05, 0.1) is 0 Å². The van der Waals surface area contributed by atoms with Gasteiger partial charge in [0.2, 0.25) is 0 Å². The number of fused-ring (bicyclic) bond motifs is 5. The first-order valence-electron chi connectivity index (χ1n) is 14.4. The average molecular weight is 600 g/mol. The molecule has 2 saturated heterocycles. The highest BCUT2D eigenvalue weighted by molar-refractivity contribution is 9.15. The molecule has 40 heavy (non-hydrogen) atoms. The Morgan fingerprint density at radius 3 is 1.90 bits per heavy atom. The standard InChI is InChI=1S/C34H35BrN2O3/c1-3-36(4-2)33(38)23-15-13-22(14-16-23)32(35)24-19-25-17-18-26(20-24)37(25)34(39)40-21-31-29-11-7-5-9-27(29)28-10-6-8-12-30(28)31/h5-16,25-26,31H,3-4,17-21H2,1-2H3. The van der Waals surface area contributed by atoms with Gasteiger partial charge in [-0.2, -0.15) is 0 Å². The lowest BCUT2D eigenvalue weighted by Crippen LogP contribution is -2.45. The number of hydrogen-bond donors (Lipinski definition) is 0. The second-order valence-corrected chi connectivity index (χ2v) is 11.8. The molecule has 0 N–H and O–H groups in total. The van der Waals surface area contributed by atoms with Gasteiger partial charge in [0.1, 0.15) is 6.61 Å². The third-order valence-electron chi connectivity index (χ3n) is 8.88. The molecular weight excluding hydrogens is 564 g/mol. The van der Waals surface area contributed by atoms with E-state index in [4.69, 9.17) is 4.74 Å². The summed E-state index contributed by atoms with van der Waals surface area (Å²) >= 11 is 3.86. The number of piperidine rings is 1. The Hall–Kier alpha value is -3.38. The molecule has 0 saturated carbocycles. The molecule has 2 unspecified atom stereocenters. The van der Waals surface area contributed by atoms with Crippen LogP contribution in [0.1, 0.15) is 72.5 Å². The van der Waals surface area contributed by atoms with Gasteiger partial charge in [-0.15, -0.1) is 0 Å². The molecule has 2 amide bonds. The van der Waals surface area contributed by atoms with Gasteiger partial charge in [-0.1, -0.05) is 82.2 Å². The lowest BCUT2D eigenvalue weighted by atomic mass is 9.94. The van der Waals surface area contributed by atoms with Crippen LogP contribution in [0.15, 0.2) is 78.4 Å². The maximum absolute atomic E-state index is 13.4. The highest BCUT2D eigenvalue weighted by atomic mass is 79.9. The van der Waals surface area contributed by atoms with Crippen molar-refractivity contribution in [3.8, 4) is 11.1 Å². The lowest BCUT2D eigenvalue weighted by molar-refractivity contribution is 0.0752. The van der Waals surface area contributed by atoms with E-state index in [0.717, 1.165) is 35.7 Å². The second-order valence-electron chi connectivity index (χ2n) is 11.0. The number of hydrogen-bond acceptors (Lipinski definition) is 3. The molecule has 5 nitrogen and oxygen atoms in total. The van der Waals surface area contributed by atoms with Gasteiger partial charge < -0.3 is 14.5 Å². The summed E-state index contributed by atoms with van der Waals surface area (Å²) in [5.41, 5.74) is 8.06. The predicted octanol–water partition coefficient (Wildman–Crippen LogP) is 7.85. The van der Waals surface area contributed by atoms with Crippen molar-refractivity contribution >= 4 is 32.4 Å². The molecule has 3 aromatic carbocycles. The Bertz CT molecular complexity index is 1400. The fourth-order valence-electron chi connectivity index (χ4n) is 6.82. The van der Waals surface area contributed by atoms with Crippen LogP contribution in [0.3, 0.4) is 0 Å². The van der Waals surface area contributed by atoms with Gasteiger partial charge in [-0.25, -0.2) is 4.79 Å². The fraction of sp³-hybridized carbons (Fsp3) is 0.353. The van der Waals surface area contributed by atoms with Crippen molar-refractivity contribution in [2.24, 2.45) is 0 Å². The Kier molecular flexibility index (Phi) is 7.54. The van der Waals surface area contributed by atoms with Crippen molar-refractivity contribution in [1.82, 2.24) is 9.80 Å². The summed E-state index contributed by atoms with van der Waals surface area (Å²) in [5.74, 6) is 0.134. The van der Waals surface area contributed by atoms with Crippen LogP contribution in [-0.2, 0) is 4.74 Å². The topological polar surface area (TPSA) is 49.9 Å². The molecule has 2 atom stereocenters. The van der Waals surface area contributed by atoms with Crippen molar-refractivity contribution < 1.29 is 14.3 Å². The summed E-state index contributed by atoms with van der Waals surface area (Å²) in [4.78, 5) is 30.0. The Labute approximate surface area is 245 Å². The summed E-state index contributed by atoms with van der Waals surface area (Å²) in [6, 6.07) is 25.1. The van der Waals surface area contributed by atoms with Crippen LogP contribution < -0.4 is 0 Å². The van der Waals surface area contributed by atoms with Crippen molar-refractivity contribution in [1.29, 1.82) is 0 Å². The predicted molar refractivity (Wildman–Crippen MR) is 162 cm³/mol. The molecule has 3 aliphatic rings. The minimum absolute atomic E-state index is 0.0646. The van der Waals surface area contributed by atoms with Crippen LogP contribution in [0.4, 0.5) is 4.79 Å². The van der Waals surface area contributed by atoms with Crippen LogP contribution in [0.25, 0.3) is 15.6 Å². The number of ether oxygens (including phenoxy) is 1.